The second-order valence-corrected chi connectivity index (χ2v) is 14.4. The Morgan fingerprint density at radius 3 is 1.58 bits per heavy atom. The van der Waals surface area contributed by atoms with Crippen molar-refractivity contribution in [1.82, 2.24) is 10.6 Å². The molecular weight excluding hydrogens is 452 g/mol. The van der Waals surface area contributed by atoms with Crippen LogP contribution in [-0.4, -0.2) is 39.7 Å². The van der Waals surface area contributed by atoms with Crippen molar-refractivity contribution in [1.29, 1.82) is 0 Å². The number of carbonyl (C=O) groups is 3. The number of Topliss-reactive ketones (excluding diaryl/α,β-unsaturated/α-hetero) is 1. The van der Waals surface area contributed by atoms with Gasteiger partial charge in [0, 0.05) is 22.8 Å². The molecule has 0 aliphatic rings. The normalized spacial score (nSPS) is 16.0. The van der Waals surface area contributed by atoms with E-state index in [1.165, 1.54) is 0 Å². The highest BCUT2D eigenvalue weighted by Crippen LogP contribution is 2.35. The fourth-order valence-electron chi connectivity index (χ4n) is 4.85. The van der Waals surface area contributed by atoms with Gasteiger partial charge < -0.3 is 10.6 Å². The van der Waals surface area contributed by atoms with Crippen molar-refractivity contribution in [2.75, 3.05) is 0 Å². The summed E-state index contributed by atoms with van der Waals surface area (Å²) >= 11 is 8.88. The molecule has 0 aliphatic heterocycles. The van der Waals surface area contributed by atoms with Crippen LogP contribution in [0.15, 0.2) is 0 Å². The van der Waals surface area contributed by atoms with Gasteiger partial charge in [0.2, 0.25) is 11.8 Å². The van der Waals surface area contributed by atoms with Crippen LogP contribution in [0.5, 0.6) is 0 Å². The Morgan fingerprint density at radius 2 is 1.18 bits per heavy atom. The number of ketones is 1. The summed E-state index contributed by atoms with van der Waals surface area (Å²) < 4.78 is 0. The number of carbonyl (C=O) groups excluding carboxylic acids is 3. The molecule has 2 amide bonds. The number of amides is 2. The molecule has 0 radical (unpaired) electrons. The number of nitrogens with one attached hydrogen (secondary N) is 2. The summed E-state index contributed by atoms with van der Waals surface area (Å²) in [6.07, 6.45) is 2.84. The van der Waals surface area contributed by atoms with Gasteiger partial charge in [0.05, 0.1) is 6.04 Å². The fraction of sp³-hybridized carbons (Fsp3) is 0.885. The van der Waals surface area contributed by atoms with E-state index >= 15 is 0 Å². The van der Waals surface area contributed by atoms with Crippen molar-refractivity contribution in [3.05, 3.63) is 0 Å². The van der Waals surface area contributed by atoms with Gasteiger partial charge in [-0.05, 0) is 55.4 Å². The van der Waals surface area contributed by atoms with E-state index in [9.17, 15) is 14.4 Å². The van der Waals surface area contributed by atoms with E-state index in [4.69, 9.17) is 0 Å². The van der Waals surface area contributed by atoms with E-state index < -0.39 is 22.4 Å². The molecule has 0 fully saturated rings. The molecule has 5 nitrogen and oxygen atoms in total. The zero-order valence-corrected chi connectivity index (χ0v) is 24.7. The SMILES string of the molecule is CCC(=O)C(CC(C)(C)CC(C)(C)NC(=O)C(C)(C)CC(C)S)NC(=O)C(C)(C)CC(C)S. The highest BCUT2D eigenvalue weighted by molar-refractivity contribution is 7.81. The van der Waals surface area contributed by atoms with Crippen molar-refractivity contribution in [2.45, 2.75) is 130 Å². The largest absolute Gasteiger partial charge is 0.351 e. The van der Waals surface area contributed by atoms with Crippen LogP contribution >= 0.6 is 25.3 Å². The molecule has 0 aromatic heterocycles. The first-order valence-electron chi connectivity index (χ1n) is 12.2. The molecule has 33 heavy (non-hydrogen) atoms. The second kappa shape index (κ2) is 12.3. The van der Waals surface area contributed by atoms with Gasteiger partial charge in [-0.15, -0.1) is 0 Å². The molecule has 0 saturated carbocycles. The Bertz CT molecular complexity index is 683. The molecule has 0 aliphatic carbocycles. The van der Waals surface area contributed by atoms with Crippen LogP contribution in [0.25, 0.3) is 0 Å². The standard InChI is InChI=1S/C26H50N2O3S2/c1-12-20(29)19(27-21(30)24(6,7)13-17(2)32)15-23(4,5)16-26(10,11)28-22(31)25(8,9)14-18(3)33/h17-19,32-33H,12-16H2,1-11H3,(H,27,30)(H,28,31). The predicted octanol–water partition coefficient (Wildman–Crippen LogP) is 5.62. The van der Waals surface area contributed by atoms with Gasteiger partial charge >= 0.3 is 0 Å². The molecule has 3 unspecified atom stereocenters. The van der Waals surface area contributed by atoms with E-state index in [1.54, 1.807) is 0 Å². The van der Waals surface area contributed by atoms with Gasteiger partial charge in [-0.25, -0.2) is 0 Å². The molecule has 0 spiro atoms. The summed E-state index contributed by atoms with van der Waals surface area (Å²) in [5.74, 6) is -0.0978. The molecular formula is C26H50N2O3S2. The summed E-state index contributed by atoms with van der Waals surface area (Å²) in [6, 6.07) is -0.556. The number of thiol groups is 2. The predicted molar refractivity (Wildman–Crippen MR) is 146 cm³/mol. The maximum absolute atomic E-state index is 13.0. The third kappa shape index (κ3) is 12.0. The molecule has 2 N–H and O–H groups in total. The van der Waals surface area contributed by atoms with E-state index in [-0.39, 0.29) is 33.5 Å². The zero-order valence-electron chi connectivity index (χ0n) is 22.9. The average Bonchev–Trinajstić information content (AvgIpc) is 2.56. The highest BCUT2D eigenvalue weighted by Gasteiger charge is 2.38. The summed E-state index contributed by atoms with van der Waals surface area (Å²) in [7, 11) is 0. The van der Waals surface area contributed by atoms with Crippen LogP contribution in [0.1, 0.15) is 108 Å². The fourth-order valence-corrected chi connectivity index (χ4v) is 5.76. The minimum atomic E-state index is -0.611. The van der Waals surface area contributed by atoms with E-state index in [2.05, 4.69) is 49.7 Å². The molecule has 3 atom stereocenters. The smallest absolute Gasteiger partial charge is 0.226 e. The van der Waals surface area contributed by atoms with E-state index in [0.29, 0.717) is 32.1 Å². The highest BCUT2D eigenvalue weighted by atomic mass is 32.1. The maximum Gasteiger partial charge on any atom is 0.226 e. The first-order valence-corrected chi connectivity index (χ1v) is 13.2. The summed E-state index contributed by atoms with van der Waals surface area (Å²) in [5.41, 5.74) is -1.89. The van der Waals surface area contributed by atoms with Crippen LogP contribution in [0, 0.1) is 16.2 Å². The lowest BCUT2D eigenvalue weighted by atomic mass is 9.74. The zero-order chi connectivity index (χ0) is 26.4. The third-order valence-corrected chi connectivity index (χ3v) is 6.38. The van der Waals surface area contributed by atoms with Crippen LogP contribution in [-0.2, 0) is 14.4 Å². The van der Waals surface area contributed by atoms with Crippen molar-refractivity contribution < 1.29 is 14.4 Å². The quantitative estimate of drug-likeness (QED) is 0.233. The third-order valence-electron chi connectivity index (χ3n) is 6.01. The Hall–Kier alpha value is -0.690. The number of rotatable bonds is 14. The number of hydrogen-bond acceptors (Lipinski definition) is 5. The van der Waals surface area contributed by atoms with Crippen molar-refractivity contribution in [3.63, 3.8) is 0 Å². The molecule has 194 valence electrons. The van der Waals surface area contributed by atoms with Gasteiger partial charge in [-0.3, -0.25) is 14.4 Å². The lowest BCUT2D eigenvalue weighted by molar-refractivity contribution is -0.134. The average molecular weight is 503 g/mol. The summed E-state index contributed by atoms with van der Waals surface area (Å²) in [6.45, 7) is 21.6. The van der Waals surface area contributed by atoms with Crippen molar-refractivity contribution in [3.8, 4) is 0 Å². The van der Waals surface area contributed by atoms with Gasteiger partial charge in [-0.2, -0.15) is 25.3 Å². The van der Waals surface area contributed by atoms with Crippen LogP contribution < -0.4 is 10.6 Å². The topological polar surface area (TPSA) is 75.3 Å². The number of hydrogen-bond donors (Lipinski definition) is 4. The maximum atomic E-state index is 13.0. The molecule has 0 aromatic carbocycles. The van der Waals surface area contributed by atoms with E-state index in [0.717, 1.165) is 0 Å². The summed E-state index contributed by atoms with van der Waals surface area (Å²) in [4.78, 5) is 38.7. The van der Waals surface area contributed by atoms with E-state index in [1.807, 2.05) is 62.3 Å². The van der Waals surface area contributed by atoms with Crippen molar-refractivity contribution in [2.24, 2.45) is 16.2 Å². The first-order chi connectivity index (χ1) is 14.6. The Balaban J connectivity index is 5.44. The monoisotopic (exact) mass is 502 g/mol. The van der Waals surface area contributed by atoms with Crippen LogP contribution in [0.2, 0.25) is 0 Å². The molecule has 0 bridgehead atoms. The summed E-state index contributed by atoms with van der Waals surface area (Å²) in [5, 5.41) is 6.45. The lowest BCUT2D eigenvalue weighted by Crippen LogP contribution is -2.53. The minimum absolute atomic E-state index is 0.00121. The molecule has 0 rings (SSSR count). The van der Waals surface area contributed by atoms with Gasteiger partial charge in [-0.1, -0.05) is 62.3 Å². The molecule has 7 heteroatoms. The Labute approximate surface area is 214 Å². The van der Waals surface area contributed by atoms with Crippen LogP contribution in [0.3, 0.4) is 0 Å². The second-order valence-electron chi connectivity index (χ2n) is 12.6. The van der Waals surface area contributed by atoms with Gasteiger partial charge in [0.1, 0.15) is 0 Å². The molecule has 0 saturated heterocycles. The van der Waals surface area contributed by atoms with Crippen LogP contribution in [0.4, 0.5) is 0 Å². The first kappa shape index (κ1) is 32.3. The van der Waals surface area contributed by atoms with Gasteiger partial charge in [0.25, 0.3) is 0 Å². The van der Waals surface area contributed by atoms with Gasteiger partial charge in [0.15, 0.2) is 5.78 Å². The van der Waals surface area contributed by atoms with Crippen molar-refractivity contribution >= 4 is 42.9 Å². The lowest BCUT2D eigenvalue weighted by Gasteiger charge is -2.40. The molecule has 0 aromatic rings. The molecule has 0 heterocycles. The minimum Gasteiger partial charge on any atom is -0.351 e. The Morgan fingerprint density at radius 1 is 0.758 bits per heavy atom. The Kier molecular flexibility index (Phi) is 12.1.